The summed E-state index contributed by atoms with van der Waals surface area (Å²) in [5, 5.41) is 9.21. The Morgan fingerprint density at radius 1 is 1.53 bits per heavy atom. The van der Waals surface area contributed by atoms with Crippen LogP contribution in [0.3, 0.4) is 0 Å². The van der Waals surface area contributed by atoms with Crippen LogP contribution in [0.15, 0.2) is 18.5 Å². The number of pyridine rings is 1. The van der Waals surface area contributed by atoms with Crippen LogP contribution in [0.4, 0.5) is 0 Å². The first-order valence-electron chi connectivity index (χ1n) is 5.55. The predicted octanol–water partition coefficient (Wildman–Crippen LogP) is 1.35. The minimum Gasteiger partial charge on any atom is -0.395 e. The molecule has 0 unspecified atom stereocenters. The van der Waals surface area contributed by atoms with Gasteiger partial charge in [-0.05, 0) is 37.4 Å². The van der Waals surface area contributed by atoms with E-state index in [0.717, 1.165) is 19.5 Å². The molecule has 1 aliphatic heterocycles. The quantitative estimate of drug-likeness (QED) is 0.811. The maximum atomic E-state index is 9.21. The minimum atomic E-state index is 0.277. The molecular formula is C12H18N2O. The van der Waals surface area contributed by atoms with Crippen LogP contribution < -0.4 is 0 Å². The van der Waals surface area contributed by atoms with Gasteiger partial charge < -0.3 is 5.11 Å². The topological polar surface area (TPSA) is 36.4 Å². The standard InChI is InChI=1S/C12H18N2O/c1-10-5-11(7-13-6-10)8-14-4-2-3-12(14)9-15/h5-7,12,15H,2-4,8-9H2,1H3/t12-/m1/s1. The van der Waals surface area contributed by atoms with Crippen LogP contribution in [-0.2, 0) is 6.54 Å². The Balaban J connectivity index is 2.02. The van der Waals surface area contributed by atoms with Crippen molar-refractivity contribution in [2.75, 3.05) is 13.2 Å². The molecule has 1 aromatic rings. The van der Waals surface area contributed by atoms with Crippen molar-refractivity contribution < 1.29 is 5.11 Å². The fourth-order valence-corrected chi connectivity index (χ4v) is 2.25. The van der Waals surface area contributed by atoms with Gasteiger partial charge in [-0.1, -0.05) is 6.07 Å². The molecule has 1 N–H and O–H groups in total. The summed E-state index contributed by atoms with van der Waals surface area (Å²) in [7, 11) is 0. The molecule has 1 fully saturated rings. The fraction of sp³-hybridized carbons (Fsp3) is 0.583. The molecule has 0 spiro atoms. The molecule has 0 aromatic carbocycles. The van der Waals surface area contributed by atoms with Gasteiger partial charge in [-0.15, -0.1) is 0 Å². The maximum absolute atomic E-state index is 9.21. The van der Waals surface area contributed by atoms with Crippen molar-refractivity contribution in [3.05, 3.63) is 29.6 Å². The second-order valence-electron chi connectivity index (χ2n) is 4.32. The molecule has 3 nitrogen and oxygen atoms in total. The van der Waals surface area contributed by atoms with Gasteiger partial charge in [0.25, 0.3) is 0 Å². The first kappa shape index (κ1) is 10.6. The van der Waals surface area contributed by atoms with Gasteiger partial charge in [-0.3, -0.25) is 9.88 Å². The molecule has 1 aromatic heterocycles. The number of hydrogen-bond acceptors (Lipinski definition) is 3. The van der Waals surface area contributed by atoms with Crippen LogP contribution in [0.1, 0.15) is 24.0 Å². The van der Waals surface area contributed by atoms with E-state index < -0.39 is 0 Å². The number of likely N-dealkylation sites (tertiary alicyclic amines) is 1. The lowest BCUT2D eigenvalue weighted by Gasteiger charge is -2.22. The lowest BCUT2D eigenvalue weighted by molar-refractivity contribution is 0.153. The average molecular weight is 206 g/mol. The van der Waals surface area contributed by atoms with Gasteiger partial charge in [-0.2, -0.15) is 0 Å². The van der Waals surface area contributed by atoms with E-state index in [9.17, 15) is 5.11 Å². The summed E-state index contributed by atoms with van der Waals surface area (Å²) < 4.78 is 0. The van der Waals surface area contributed by atoms with E-state index in [1.807, 2.05) is 12.4 Å². The maximum Gasteiger partial charge on any atom is 0.0587 e. The Labute approximate surface area is 90.8 Å². The van der Waals surface area contributed by atoms with Gasteiger partial charge in [0, 0.05) is 25.0 Å². The van der Waals surface area contributed by atoms with E-state index in [-0.39, 0.29) is 6.61 Å². The second-order valence-corrected chi connectivity index (χ2v) is 4.32. The number of nitrogens with zero attached hydrogens (tertiary/aromatic N) is 2. The summed E-state index contributed by atoms with van der Waals surface area (Å²) in [5.41, 5.74) is 2.45. The molecule has 0 bridgehead atoms. The third kappa shape index (κ3) is 2.55. The summed E-state index contributed by atoms with van der Waals surface area (Å²) in [6.45, 7) is 4.35. The molecule has 0 aliphatic carbocycles. The van der Waals surface area contributed by atoms with Crippen LogP contribution >= 0.6 is 0 Å². The van der Waals surface area contributed by atoms with Crippen LogP contribution in [-0.4, -0.2) is 34.2 Å². The highest BCUT2D eigenvalue weighted by atomic mass is 16.3. The van der Waals surface area contributed by atoms with Gasteiger partial charge in [0.15, 0.2) is 0 Å². The number of aromatic nitrogens is 1. The van der Waals surface area contributed by atoms with Crippen molar-refractivity contribution in [1.29, 1.82) is 0 Å². The SMILES string of the molecule is Cc1cncc(CN2CCC[C@@H]2CO)c1. The van der Waals surface area contributed by atoms with E-state index >= 15 is 0 Å². The molecule has 0 radical (unpaired) electrons. The Bertz CT molecular complexity index is 327. The fourth-order valence-electron chi connectivity index (χ4n) is 2.25. The number of rotatable bonds is 3. The van der Waals surface area contributed by atoms with Crippen molar-refractivity contribution in [2.24, 2.45) is 0 Å². The van der Waals surface area contributed by atoms with Gasteiger partial charge in [0.1, 0.15) is 0 Å². The van der Waals surface area contributed by atoms with E-state index in [2.05, 4.69) is 22.9 Å². The van der Waals surface area contributed by atoms with Gasteiger partial charge in [0.2, 0.25) is 0 Å². The molecule has 0 amide bonds. The molecule has 15 heavy (non-hydrogen) atoms. The minimum absolute atomic E-state index is 0.277. The number of hydrogen-bond donors (Lipinski definition) is 1. The molecular weight excluding hydrogens is 188 g/mol. The smallest absolute Gasteiger partial charge is 0.0587 e. The average Bonchev–Trinajstić information content (AvgIpc) is 2.65. The normalized spacial score (nSPS) is 22.1. The number of aliphatic hydroxyl groups excluding tert-OH is 1. The molecule has 0 saturated carbocycles. The first-order chi connectivity index (χ1) is 7.29. The Morgan fingerprint density at radius 2 is 2.40 bits per heavy atom. The third-order valence-corrected chi connectivity index (χ3v) is 3.03. The van der Waals surface area contributed by atoms with Crippen LogP contribution in [0.25, 0.3) is 0 Å². The van der Waals surface area contributed by atoms with Crippen LogP contribution in [0, 0.1) is 6.92 Å². The molecule has 1 atom stereocenters. The van der Waals surface area contributed by atoms with Crippen LogP contribution in [0.2, 0.25) is 0 Å². The van der Waals surface area contributed by atoms with Crippen molar-refractivity contribution in [1.82, 2.24) is 9.88 Å². The van der Waals surface area contributed by atoms with Crippen molar-refractivity contribution in [3.8, 4) is 0 Å². The van der Waals surface area contributed by atoms with Gasteiger partial charge in [-0.25, -0.2) is 0 Å². The van der Waals surface area contributed by atoms with E-state index in [1.54, 1.807) is 0 Å². The van der Waals surface area contributed by atoms with E-state index in [1.165, 1.54) is 17.5 Å². The summed E-state index contributed by atoms with van der Waals surface area (Å²) >= 11 is 0. The summed E-state index contributed by atoms with van der Waals surface area (Å²) in [6.07, 6.45) is 6.11. The van der Waals surface area contributed by atoms with Gasteiger partial charge >= 0.3 is 0 Å². The Kier molecular flexibility index (Phi) is 3.34. The molecule has 2 rings (SSSR count). The summed E-state index contributed by atoms with van der Waals surface area (Å²) in [4.78, 5) is 6.53. The zero-order chi connectivity index (χ0) is 10.7. The highest BCUT2D eigenvalue weighted by Crippen LogP contribution is 2.19. The van der Waals surface area contributed by atoms with Crippen molar-refractivity contribution >= 4 is 0 Å². The van der Waals surface area contributed by atoms with Gasteiger partial charge in [0.05, 0.1) is 6.61 Å². The lowest BCUT2D eigenvalue weighted by atomic mass is 10.2. The largest absolute Gasteiger partial charge is 0.395 e. The Morgan fingerprint density at radius 3 is 3.13 bits per heavy atom. The summed E-state index contributed by atoms with van der Waals surface area (Å²) in [6, 6.07) is 2.52. The predicted molar refractivity (Wildman–Crippen MR) is 59.5 cm³/mol. The molecule has 1 saturated heterocycles. The third-order valence-electron chi connectivity index (χ3n) is 3.03. The molecule has 82 valence electrons. The van der Waals surface area contributed by atoms with E-state index in [4.69, 9.17) is 0 Å². The second kappa shape index (κ2) is 4.73. The zero-order valence-corrected chi connectivity index (χ0v) is 9.19. The van der Waals surface area contributed by atoms with E-state index in [0.29, 0.717) is 6.04 Å². The molecule has 2 heterocycles. The molecule has 3 heteroatoms. The lowest BCUT2D eigenvalue weighted by Crippen LogP contribution is -2.31. The number of aryl methyl sites for hydroxylation is 1. The highest BCUT2D eigenvalue weighted by molar-refractivity contribution is 5.16. The highest BCUT2D eigenvalue weighted by Gasteiger charge is 2.23. The Hall–Kier alpha value is -0.930. The first-order valence-corrected chi connectivity index (χ1v) is 5.55. The van der Waals surface area contributed by atoms with Crippen LogP contribution in [0.5, 0.6) is 0 Å². The monoisotopic (exact) mass is 206 g/mol. The summed E-state index contributed by atoms with van der Waals surface area (Å²) in [5.74, 6) is 0. The zero-order valence-electron chi connectivity index (χ0n) is 9.19. The van der Waals surface area contributed by atoms with Crippen molar-refractivity contribution in [2.45, 2.75) is 32.4 Å². The van der Waals surface area contributed by atoms with Crippen molar-refractivity contribution in [3.63, 3.8) is 0 Å². The number of aliphatic hydroxyl groups is 1. The molecule has 1 aliphatic rings.